The predicted octanol–water partition coefficient (Wildman–Crippen LogP) is 15.6. The summed E-state index contributed by atoms with van der Waals surface area (Å²) in [5, 5.41) is 7.46. The molecule has 1 heterocycles. The molecule has 10 aromatic carbocycles. The van der Waals surface area contributed by atoms with Gasteiger partial charge in [-0.05, 0) is 104 Å². The van der Waals surface area contributed by atoms with Crippen molar-refractivity contribution >= 4 is 60.4 Å². The van der Waals surface area contributed by atoms with Gasteiger partial charge in [0.2, 0.25) is 0 Å². The van der Waals surface area contributed by atoms with Gasteiger partial charge in [-0.3, -0.25) is 0 Å². The third kappa shape index (κ3) is 5.82. The summed E-state index contributed by atoms with van der Waals surface area (Å²) in [6.07, 6.45) is 0. The summed E-state index contributed by atoms with van der Waals surface area (Å²) in [6, 6.07) is 83.9. The molecule has 0 spiro atoms. The Morgan fingerprint density at radius 3 is 1.64 bits per heavy atom. The SMILES string of the molecule is c1ccc(-c2ccc(-c3ccc4ccccc4c3)cc2N(c2ccc(-c3cccc4ccccc34)cc2)c2cccc(-n3c4ccccc4c4ccccc43)c2)cc1. The number of fused-ring (bicyclic) bond motifs is 5. The first-order valence-corrected chi connectivity index (χ1v) is 19.9. The highest BCUT2D eigenvalue weighted by molar-refractivity contribution is 6.09. The molecule has 0 saturated heterocycles. The Kier molecular flexibility index (Phi) is 8.19. The number of nitrogens with zero attached hydrogens (tertiary/aromatic N) is 2. The summed E-state index contributed by atoms with van der Waals surface area (Å²) in [5.41, 5.74) is 13.8. The van der Waals surface area contributed by atoms with Gasteiger partial charge in [0.05, 0.1) is 16.7 Å². The molecule has 0 amide bonds. The molecule has 0 saturated carbocycles. The van der Waals surface area contributed by atoms with E-state index < -0.39 is 0 Å². The summed E-state index contributed by atoms with van der Waals surface area (Å²) in [5.74, 6) is 0. The Morgan fingerprint density at radius 2 is 0.862 bits per heavy atom. The number of hydrogen-bond donors (Lipinski definition) is 0. The van der Waals surface area contributed by atoms with E-state index in [-0.39, 0.29) is 0 Å². The van der Waals surface area contributed by atoms with E-state index in [1.165, 1.54) is 65.6 Å². The number of para-hydroxylation sites is 2. The van der Waals surface area contributed by atoms with Crippen LogP contribution in [0.2, 0.25) is 0 Å². The summed E-state index contributed by atoms with van der Waals surface area (Å²) in [7, 11) is 0. The van der Waals surface area contributed by atoms with Gasteiger partial charge < -0.3 is 9.47 Å². The van der Waals surface area contributed by atoms with Crippen LogP contribution in [0.3, 0.4) is 0 Å². The fourth-order valence-corrected chi connectivity index (χ4v) is 8.79. The molecule has 2 nitrogen and oxygen atoms in total. The molecule has 0 radical (unpaired) electrons. The van der Waals surface area contributed by atoms with Gasteiger partial charge in [-0.2, -0.15) is 0 Å². The van der Waals surface area contributed by atoms with E-state index in [1.54, 1.807) is 0 Å². The molecule has 0 bridgehead atoms. The maximum Gasteiger partial charge on any atom is 0.0546 e. The smallest absolute Gasteiger partial charge is 0.0546 e. The van der Waals surface area contributed by atoms with Crippen molar-refractivity contribution in [2.75, 3.05) is 4.90 Å². The topological polar surface area (TPSA) is 8.17 Å². The van der Waals surface area contributed by atoms with Crippen molar-refractivity contribution in [3.63, 3.8) is 0 Å². The van der Waals surface area contributed by atoms with Gasteiger partial charge in [-0.15, -0.1) is 0 Å². The van der Waals surface area contributed by atoms with Gasteiger partial charge in [0.15, 0.2) is 0 Å². The Bertz CT molecular complexity index is 3220. The van der Waals surface area contributed by atoms with Crippen molar-refractivity contribution in [2.45, 2.75) is 0 Å². The molecule has 0 unspecified atom stereocenters. The minimum absolute atomic E-state index is 1.07. The van der Waals surface area contributed by atoms with Crippen LogP contribution < -0.4 is 4.90 Å². The highest BCUT2D eigenvalue weighted by atomic mass is 15.1. The van der Waals surface area contributed by atoms with Crippen LogP contribution in [0.4, 0.5) is 17.1 Å². The van der Waals surface area contributed by atoms with Crippen LogP contribution >= 0.6 is 0 Å². The highest BCUT2D eigenvalue weighted by Gasteiger charge is 2.21. The van der Waals surface area contributed by atoms with Crippen molar-refractivity contribution in [3.05, 3.63) is 231 Å². The van der Waals surface area contributed by atoms with Crippen molar-refractivity contribution < 1.29 is 0 Å². The Morgan fingerprint density at radius 1 is 0.293 bits per heavy atom. The summed E-state index contributed by atoms with van der Waals surface area (Å²) in [4.78, 5) is 2.44. The maximum absolute atomic E-state index is 2.44. The predicted molar refractivity (Wildman–Crippen MR) is 247 cm³/mol. The highest BCUT2D eigenvalue weighted by Crippen LogP contribution is 2.45. The standard InChI is InChI=1S/C56H38N2/c1-2-15-41(16-3-1)51-35-32-45(44-29-28-39-14-4-5-18-43(39)36-44)37-56(51)57(46-33-30-42(31-34-46)50-25-12-19-40-17-6-7-22-49(40)50)47-20-13-21-48(38-47)58-54-26-10-8-23-52(54)53-24-9-11-27-55(53)58/h1-38H. The number of benzene rings is 10. The second-order valence-electron chi connectivity index (χ2n) is 15.0. The Balaban J connectivity index is 1.14. The number of hydrogen-bond acceptors (Lipinski definition) is 1. The van der Waals surface area contributed by atoms with Gasteiger partial charge in [0.1, 0.15) is 0 Å². The fraction of sp³-hybridized carbons (Fsp3) is 0. The monoisotopic (exact) mass is 738 g/mol. The molecule has 0 aliphatic heterocycles. The van der Waals surface area contributed by atoms with Crippen molar-refractivity contribution in [1.82, 2.24) is 4.57 Å². The molecule has 0 aliphatic carbocycles. The molecule has 0 N–H and O–H groups in total. The van der Waals surface area contributed by atoms with Crippen LogP contribution in [0, 0.1) is 0 Å². The zero-order chi connectivity index (χ0) is 38.4. The third-order valence-corrected chi connectivity index (χ3v) is 11.6. The fourth-order valence-electron chi connectivity index (χ4n) is 8.79. The van der Waals surface area contributed by atoms with Crippen molar-refractivity contribution in [3.8, 4) is 39.1 Å². The lowest BCUT2D eigenvalue weighted by Crippen LogP contribution is -2.12. The minimum atomic E-state index is 1.07. The Hall–Kier alpha value is -7.68. The van der Waals surface area contributed by atoms with Gasteiger partial charge in [-0.25, -0.2) is 0 Å². The van der Waals surface area contributed by atoms with E-state index in [1.807, 2.05) is 0 Å². The van der Waals surface area contributed by atoms with Crippen molar-refractivity contribution in [1.29, 1.82) is 0 Å². The first kappa shape index (κ1) is 33.6. The van der Waals surface area contributed by atoms with Gasteiger partial charge >= 0.3 is 0 Å². The zero-order valence-corrected chi connectivity index (χ0v) is 31.8. The first-order valence-electron chi connectivity index (χ1n) is 19.9. The van der Waals surface area contributed by atoms with Crippen LogP contribution in [0.15, 0.2) is 231 Å². The minimum Gasteiger partial charge on any atom is -0.310 e. The Labute approximate surface area is 338 Å². The lowest BCUT2D eigenvalue weighted by Gasteiger charge is -2.29. The molecule has 58 heavy (non-hydrogen) atoms. The van der Waals surface area contributed by atoms with E-state index >= 15 is 0 Å². The third-order valence-electron chi connectivity index (χ3n) is 11.6. The number of aromatic nitrogens is 1. The lowest BCUT2D eigenvalue weighted by atomic mass is 9.95. The molecular weight excluding hydrogens is 701 g/mol. The van der Waals surface area contributed by atoms with Crippen LogP contribution in [-0.2, 0) is 0 Å². The van der Waals surface area contributed by atoms with Crippen LogP contribution in [0.5, 0.6) is 0 Å². The molecule has 272 valence electrons. The maximum atomic E-state index is 2.44. The van der Waals surface area contributed by atoms with Gasteiger partial charge in [0, 0.05) is 33.4 Å². The van der Waals surface area contributed by atoms with Crippen LogP contribution in [0.1, 0.15) is 0 Å². The quantitative estimate of drug-likeness (QED) is 0.158. The largest absolute Gasteiger partial charge is 0.310 e. The van der Waals surface area contributed by atoms with E-state index in [2.05, 4.69) is 240 Å². The van der Waals surface area contributed by atoms with Gasteiger partial charge in [0.25, 0.3) is 0 Å². The molecule has 0 fully saturated rings. The number of rotatable bonds is 7. The molecule has 2 heteroatoms. The molecule has 1 aromatic heterocycles. The number of anilines is 3. The van der Waals surface area contributed by atoms with E-state index in [9.17, 15) is 0 Å². The second kappa shape index (κ2) is 14.1. The molecular formula is C56H38N2. The normalized spacial score (nSPS) is 11.4. The zero-order valence-electron chi connectivity index (χ0n) is 31.8. The van der Waals surface area contributed by atoms with E-state index in [0.29, 0.717) is 0 Å². The average Bonchev–Trinajstić information content (AvgIpc) is 3.64. The van der Waals surface area contributed by atoms with Crippen molar-refractivity contribution in [2.24, 2.45) is 0 Å². The van der Waals surface area contributed by atoms with Crippen LogP contribution in [-0.4, -0.2) is 4.57 Å². The van der Waals surface area contributed by atoms with E-state index in [0.717, 1.165) is 33.9 Å². The van der Waals surface area contributed by atoms with E-state index in [4.69, 9.17) is 0 Å². The van der Waals surface area contributed by atoms with Gasteiger partial charge in [-0.1, -0.05) is 176 Å². The average molecular weight is 739 g/mol. The molecule has 11 aromatic rings. The molecule has 0 aliphatic rings. The first-order chi connectivity index (χ1) is 28.8. The summed E-state index contributed by atoms with van der Waals surface area (Å²) in [6.45, 7) is 0. The summed E-state index contributed by atoms with van der Waals surface area (Å²) < 4.78 is 2.40. The molecule has 11 rings (SSSR count). The second-order valence-corrected chi connectivity index (χ2v) is 15.0. The van der Waals surface area contributed by atoms with Crippen LogP contribution in [0.25, 0.3) is 82.4 Å². The molecule has 0 atom stereocenters. The summed E-state index contributed by atoms with van der Waals surface area (Å²) >= 11 is 0. The lowest BCUT2D eigenvalue weighted by molar-refractivity contribution is 1.17.